The lowest BCUT2D eigenvalue weighted by molar-refractivity contribution is 0.324. The van der Waals surface area contributed by atoms with E-state index >= 15 is 0 Å². The fourth-order valence-corrected chi connectivity index (χ4v) is 3.77. The number of hydrogen-bond acceptors (Lipinski definition) is 7. The van der Waals surface area contributed by atoms with Crippen LogP contribution in [0.4, 0.5) is 0 Å². The van der Waals surface area contributed by atoms with Gasteiger partial charge in [0.1, 0.15) is 5.01 Å². The SMILES string of the molecule is COc1cc(-c2nnc3sc(-c4cccc(Cl)c4)nn23)cc(OC)c1OC. The molecule has 0 unspecified atom stereocenters. The van der Waals surface area contributed by atoms with Gasteiger partial charge in [0, 0.05) is 16.1 Å². The number of rotatable bonds is 5. The summed E-state index contributed by atoms with van der Waals surface area (Å²) in [6.07, 6.45) is 0. The highest BCUT2D eigenvalue weighted by Gasteiger charge is 2.19. The zero-order chi connectivity index (χ0) is 19.0. The zero-order valence-electron chi connectivity index (χ0n) is 14.8. The summed E-state index contributed by atoms with van der Waals surface area (Å²) in [5.41, 5.74) is 1.67. The fraction of sp³-hybridized carbons (Fsp3) is 0.167. The number of aromatic nitrogens is 4. The minimum absolute atomic E-state index is 0.516. The summed E-state index contributed by atoms with van der Waals surface area (Å²) in [5, 5.41) is 14.6. The van der Waals surface area contributed by atoms with Gasteiger partial charge in [0.2, 0.25) is 10.7 Å². The molecule has 4 rings (SSSR count). The summed E-state index contributed by atoms with van der Waals surface area (Å²) in [5.74, 6) is 2.17. The highest BCUT2D eigenvalue weighted by atomic mass is 35.5. The lowest BCUT2D eigenvalue weighted by Crippen LogP contribution is -1.97. The minimum Gasteiger partial charge on any atom is -0.493 e. The van der Waals surface area contributed by atoms with E-state index in [9.17, 15) is 0 Å². The van der Waals surface area contributed by atoms with Crippen LogP contribution in [0.3, 0.4) is 0 Å². The summed E-state index contributed by atoms with van der Waals surface area (Å²) in [6.45, 7) is 0. The van der Waals surface area contributed by atoms with E-state index in [1.807, 2.05) is 36.4 Å². The molecule has 0 aliphatic carbocycles. The Labute approximate surface area is 164 Å². The summed E-state index contributed by atoms with van der Waals surface area (Å²) in [7, 11) is 4.70. The van der Waals surface area contributed by atoms with Gasteiger partial charge >= 0.3 is 0 Å². The molecule has 0 radical (unpaired) electrons. The van der Waals surface area contributed by atoms with E-state index in [1.165, 1.54) is 11.3 Å². The predicted molar refractivity (Wildman–Crippen MR) is 104 cm³/mol. The Bertz CT molecular complexity index is 1100. The first-order valence-electron chi connectivity index (χ1n) is 7.93. The van der Waals surface area contributed by atoms with Crippen LogP contribution < -0.4 is 14.2 Å². The normalized spacial score (nSPS) is 11.0. The molecule has 27 heavy (non-hydrogen) atoms. The van der Waals surface area contributed by atoms with Crippen LogP contribution in [0.25, 0.3) is 26.9 Å². The average molecular weight is 403 g/mol. The molecule has 0 atom stereocenters. The van der Waals surface area contributed by atoms with E-state index in [1.54, 1.807) is 25.8 Å². The molecule has 2 aromatic heterocycles. The molecule has 0 aliphatic rings. The first kappa shape index (κ1) is 17.6. The lowest BCUT2D eigenvalue weighted by Gasteiger charge is -2.13. The van der Waals surface area contributed by atoms with Gasteiger partial charge in [0.25, 0.3) is 0 Å². The van der Waals surface area contributed by atoms with Gasteiger partial charge in [-0.15, -0.1) is 10.2 Å². The van der Waals surface area contributed by atoms with Gasteiger partial charge in [-0.2, -0.15) is 9.61 Å². The molecule has 0 N–H and O–H groups in total. The number of methoxy groups -OCH3 is 3. The second-order valence-corrected chi connectivity index (χ2v) is 6.94. The molecule has 0 spiro atoms. The Hall–Kier alpha value is -2.84. The van der Waals surface area contributed by atoms with Crippen molar-refractivity contribution in [2.24, 2.45) is 0 Å². The minimum atomic E-state index is 0.516. The third-order valence-corrected chi connectivity index (χ3v) is 5.17. The molecular weight excluding hydrogens is 388 g/mol. The molecule has 0 bridgehead atoms. The van der Waals surface area contributed by atoms with Gasteiger partial charge in [-0.25, -0.2) is 0 Å². The molecule has 0 saturated carbocycles. The van der Waals surface area contributed by atoms with Gasteiger partial charge < -0.3 is 14.2 Å². The maximum absolute atomic E-state index is 6.09. The van der Waals surface area contributed by atoms with Crippen molar-refractivity contribution in [1.29, 1.82) is 0 Å². The summed E-state index contributed by atoms with van der Waals surface area (Å²) < 4.78 is 17.9. The van der Waals surface area contributed by atoms with Crippen LogP contribution in [0.15, 0.2) is 36.4 Å². The van der Waals surface area contributed by atoms with Crippen LogP contribution in [0, 0.1) is 0 Å². The largest absolute Gasteiger partial charge is 0.493 e. The van der Waals surface area contributed by atoms with Crippen molar-refractivity contribution in [1.82, 2.24) is 19.8 Å². The van der Waals surface area contributed by atoms with Crippen LogP contribution in [0.5, 0.6) is 17.2 Å². The number of ether oxygens (including phenoxy) is 3. The lowest BCUT2D eigenvalue weighted by atomic mass is 10.1. The molecule has 9 heteroatoms. The molecule has 0 amide bonds. The summed E-state index contributed by atoms with van der Waals surface area (Å²) >= 11 is 7.53. The maximum Gasteiger partial charge on any atom is 0.235 e. The van der Waals surface area contributed by atoms with Crippen LogP contribution in [0.1, 0.15) is 0 Å². The first-order chi connectivity index (χ1) is 13.1. The van der Waals surface area contributed by atoms with Crippen LogP contribution >= 0.6 is 22.9 Å². The Morgan fingerprint density at radius 1 is 0.926 bits per heavy atom. The zero-order valence-corrected chi connectivity index (χ0v) is 16.3. The van der Waals surface area contributed by atoms with Crippen LogP contribution in [-0.4, -0.2) is 41.1 Å². The van der Waals surface area contributed by atoms with Crippen LogP contribution in [0.2, 0.25) is 5.02 Å². The van der Waals surface area contributed by atoms with E-state index in [0.717, 1.165) is 16.1 Å². The van der Waals surface area contributed by atoms with Gasteiger partial charge in [-0.3, -0.25) is 0 Å². The monoisotopic (exact) mass is 402 g/mol. The number of hydrogen-bond donors (Lipinski definition) is 0. The first-order valence-corrected chi connectivity index (χ1v) is 9.12. The standard InChI is InChI=1S/C18H15ClN4O3S/c1-24-13-8-11(9-14(25-2)15(13)26-3)16-20-21-18-23(16)22-17(27-18)10-5-4-6-12(19)7-10/h4-9H,1-3H3. The van der Waals surface area contributed by atoms with Crippen molar-refractivity contribution >= 4 is 27.9 Å². The smallest absolute Gasteiger partial charge is 0.235 e. The van der Waals surface area contributed by atoms with Crippen molar-refractivity contribution in [2.75, 3.05) is 21.3 Å². The van der Waals surface area contributed by atoms with Crippen molar-refractivity contribution in [2.45, 2.75) is 0 Å². The van der Waals surface area contributed by atoms with Gasteiger partial charge in [-0.05, 0) is 24.3 Å². The Balaban J connectivity index is 1.85. The molecule has 7 nitrogen and oxygen atoms in total. The number of benzene rings is 2. The van der Waals surface area contributed by atoms with E-state index in [-0.39, 0.29) is 0 Å². The van der Waals surface area contributed by atoms with Gasteiger partial charge in [-0.1, -0.05) is 35.1 Å². The summed E-state index contributed by atoms with van der Waals surface area (Å²) in [6, 6.07) is 11.2. The van der Waals surface area contributed by atoms with E-state index in [0.29, 0.717) is 33.1 Å². The summed E-state index contributed by atoms with van der Waals surface area (Å²) in [4.78, 5) is 0.675. The Morgan fingerprint density at radius 2 is 1.67 bits per heavy atom. The third-order valence-electron chi connectivity index (χ3n) is 3.99. The Morgan fingerprint density at radius 3 is 2.30 bits per heavy atom. The molecule has 2 heterocycles. The van der Waals surface area contributed by atoms with E-state index in [2.05, 4.69) is 15.3 Å². The van der Waals surface area contributed by atoms with Gasteiger partial charge in [0.15, 0.2) is 17.3 Å². The van der Waals surface area contributed by atoms with E-state index < -0.39 is 0 Å². The second-order valence-electron chi connectivity index (χ2n) is 5.55. The molecule has 0 fully saturated rings. The number of halogens is 1. The predicted octanol–water partition coefficient (Wildman–Crippen LogP) is 4.20. The average Bonchev–Trinajstić information content (AvgIpc) is 3.27. The van der Waals surface area contributed by atoms with Crippen molar-refractivity contribution in [3.8, 4) is 39.2 Å². The molecule has 0 aliphatic heterocycles. The van der Waals surface area contributed by atoms with Crippen molar-refractivity contribution < 1.29 is 14.2 Å². The van der Waals surface area contributed by atoms with Crippen molar-refractivity contribution in [3.05, 3.63) is 41.4 Å². The number of fused-ring (bicyclic) bond motifs is 1. The fourth-order valence-electron chi connectivity index (χ4n) is 2.75. The highest BCUT2D eigenvalue weighted by molar-refractivity contribution is 7.19. The molecule has 138 valence electrons. The van der Waals surface area contributed by atoms with Gasteiger partial charge in [0.05, 0.1) is 21.3 Å². The van der Waals surface area contributed by atoms with Crippen molar-refractivity contribution in [3.63, 3.8) is 0 Å². The third kappa shape index (κ3) is 3.07. The topological polar surface area (TPSA) is 70.8 Å². The quantitative estimate of drug-likeness (QED) is 0.498. The number of nitrogens with zero attached hydrogens (tertiary/aromatic N) is 4. The second kappa shape index (κ2) is 7.05. The molecule has 0 saturated heterocycles. The Kier molecular flexibility index (Phi) is 4.59. The molecule has 4 aromatic rings. The van der Waals surface area contributed by atoms with E-state index in [4.69, 9.17) is 25.8 Å². The van der Waals surface area contributed by atoms with Crippen LogP contribution in [-0.2, 0) is 0 Å². The highest BCUT2D eigenvalue weighted by Crippen LogP contribution is 2.41. The molecular formula is C18H15ClN4O3S. The molecule has 2 aromatic carbocycles. The maximum atomic E-state index is 6.09.